The summed E-state index contributed by atoms with van der Waals surface area (Å²) >= 11 is 6.55. The first-order chi connectivity index (χ1) is 6.02. The molecule has 0 radical (unpaired) electrons. The molecule has 4 heteroatoms. The van der Waals surface area contributed by atoms with Crippen LogP contribution < -0.4 is 0 Å². The molecule has 1 N–H and O–H groups in total. The van der Waals surface area contributed by atoms with Crippen LogP contribution in [0.3, 0.4) is 0 Å². The summed E-state index contributed by atoms with van der Waals surface area (Å²) in [5.74, 6) is 0.163. The molecule has 0 spiro atoms. The Kier molecular flexibility index (Phi) is 3.50. The number of phenolic OH excluding ortho intramolecular Hbond substituents is 1. The van der Waals surface area contributed by atoms with Crippen LogP contribution in [0.1, 0.15) is 13.8 Å². The van der Waals surface area contributed by atoms with Crippen LogP contribution in [0.2, 0.25) is 0 Å². The molecule has 13 heavy (non-hydrogen) atoms. The van der Waals surface area contributed by atoms with Crippen molar-refractivity contribution in [2.24, 2.45) is 4.99 Å². The van der Waals surface area contributed by atoms with E-state index < -0.39 is 0 Å². The maximum atomic E-state index is 9.64. The Morgan fingerprint density at radius 1 is 1.23 bits per heavy atom. The van der Waals surface area contributed by atoms with Gasteiger partial charge in [0.25, 0.3) is 0 Å². The minimum atomic E-state index is 0.163. The van der Waals surface area contributed by atoms with Crippen LogP contribution in [-0.4, -0.2) is 10.8 Å². The Hall–Kier alpha value is -0.350. The molecule has 70 valence electrons. The van der Waals surface area contributed by atoms with Gasteiger partial charge in [0.05, 0.1) is 4.47 Å². The fourth-order valence-corrected chi connectivity index (χ4v) is 1.59. The maximum Gasteiger partial charge on any atom is 0.156 e. The molecule has 0 amide bonds. The molecule has 1 rings (SSSR count). The molecule has 0 aliphatic carbocycles. The smallest absolute Gasteiger partial charge is 0.156 e. The summed E-state index contributed by atoms with van der Waals surface area (Å²) in [6.07, 6.45) is 0. The topological polar surface area (TPSA) is 32.6 Å². The Labute approximate surface area is 94.0 Å². The normalized spacial score (nSPS) is 9.85. The highest BCUT2D eigenvalue weighted by Gasteiger charge is 2.07. The van der Waals surface area contributed by atoms with Gasteiger partial charge in [-0.15, -0.1) is 0 Å². The van der Waals surface area contributed by atoms with E-state index in [0.717, 1.165) is 10.2 Å². The Morgan fingerprint density at radius 2 is 1.77 bits per heavy atom. The van der Waals surface area contributed by atoms with E-state index in [0.29, 0.717) is 10.2 Å². The number of aromatic hydroxyl groups is 1. The Bertz CT molecular complexity index is 357. The Balaban J connectivity index is 3.34. The van der Waals surface area contributed by atoms with Crippen molar-refractivity contribution < 1.29 is 5.11 Å². The molecule has 2 nitrogen and oxygen atoms in total. The van der Waals surface area contributed by atoms with Gasteiger partial charge in [0, 0.05) is 10.2 Å². The van der Waals surface area contributed by atoms with Crippen molar-refractivity contribution in [3.63, 3.8) is 0 Å². The van der Waals surface area contributed by atoms with E-state index >= 15 is 0 Å². The van der Waals surface area contributed by atoms with Crippen molar-refractivity contribution >= 4 is 43.3 Å². The number of hydrogen-bond donors (Lipinski definition) is 1. The molecule has 0 saturated heterocycles. The van der Waals surface area contributed by atoms with E-state index in [-0.39, 0.29) is 5.75 Å². The van der Waals surface area contributed by atoms with E-state index in [1.807, 2.05) is 19.9 Å². The molecule has 0 aromatic heterocycles. The van der Waals surface area contributed by atoms with Gasteiger partial charge in [-0.1, -0.05) is 0 Å². The van der Waals surface area contributed by atoms with E-state index in [1.54, 1.807) is 6.07 Å². The lowest BCUT2D eigenvalue weighted by Crippen LogP contribution is -1.81. The number of aliphatic imine (C=N–C) groups is 1. The first-order valence-electron chi connectivity index (χ1n) is 3.71. The first kappa shape index (κ1) is 10.7. The zero-order chi connectivity index (χ0) is 10.0. The van der Waals surface area contributed by atoms with Crippen molar-refractivity contribution in [3.8, 4) is 5.75 Å². The van der Waals surface area contributed by atoms with Crippen molar-refractivity contribution in [1.29, 1.82) is 0 Å². The molecule has 0 heterocycles. The molecule has 0 aliphatic rings. The quantitative estimate of drug-likeness (QED) is 0.781. The number of rotatable bonds is 1. The third kappa shape index (κ3) is 2.54. The van der Waals surface area contributed by atoms with Crippen LogP contribution in [0.5, 0.6) is 5.75 Å². The van der Waals surface area contributed by atoms with Gasteiger partial charge in [-0.05, 0) is 57.8 Å². The van der Waals surface area contributed by atoms with Crippen LogP contribution in [0, 0.1) is 0 Å². The first-order valence-corrected chi connectivity index (χ1v) is 5.30. The Morgan fingerprint density at radius 3 is 2.31 bits per heavy atom. The van der Waals surface area contributed by atoms with Crippen LogP contribution in [0.15, 0.2) is 26.1 Å². The van der Waals surface area contributed by atoms with Crippen molar-refractivity contribution in [2.75, 3.05) is 0 Å². The number of halogens is 2. The highest BCUT2D eigenvalue weighted by Crippen LogP contribution is 2.40. The summed E-state index contributed by atoms with van der Waals surface area (Å²) < 4.78 is 1.44. The predicted molar refractivity (Wildman–Crippen MR) is 61.9 cm³/mol. The van der Waals surface area contributed by atoms with Gasteiger partial charge in [-0.2, -0.15) is 0 Å². The molecule has 0 aliphatic heterocycles. The summed E-state index contributed by atoms with van der Waals surface area (Å²) in [7, 11) is 0. The second kappa shape index (κ2) is 4.24. The molecular formula is C9H9Br2NO. The van der Waals surface area contributed by atoms with Crippen LogP contribution in [-0.2, 0) is 0 Å². The summed E-state index contributed by atoms with van der Waals surface area (Å²) in [6.45, 7) is 3.76. The zero-order valence-electron chi connectivity index (χ0n) is 7.31. The number of nitrogens with zero attached hydrogens (tertiary/aromatic N) is 1. The number of hydrogen-bond acceptors (Lipinski definition) is 2. The summed E-state index contributed by atoms with van der Waals surface area (Å²) in [5.41, 5.74) is 1.46. The second-order valence-electron chi connectivity index (χ2n) is 2.79. The predicted octanol–water partition coefficient (Wildman–Crippen LogP) is 4.03. The van der Waals surface area contributed by atoms with E-state index in [9.17, 15) is 5.11 Å². The second-order valence-corrected chi connectivity index (χ2v) is 4.49. The van der Waals surface area contributed by atoms with Gasteiger partial charge in [0.2, 0.25) is 0 Å². The van der Waals surface area contributed by atoms with Crippen LogP contribution in [0.4, 0.5) is 5.69 Å². The summed E-state index contributed by atoms with van der Waals surface area (Å²) in [6, 6.07) is 3.61. The third-order valence-corrected chi connectivity index (χ3v) is 2.67. The van der Waals surface area contributed by atoms with Crippen LogP contribution in [0.25, 0.3) is 0 Å². The fourth-order valence-electron chi connectivity index (χ4n) is 0.860. The van der Waals surface area contributed by atoms with E-state index in [1.165, 1.54) is 0 Å². The minimum Gasteiger partial charge on any atom is -0.505 e. The molecule has 0 fully saturated rings. The van der Waals surface area contributed by atoms with E-state index in [2.05, 4.69) is 36.9 Å². The molecule has 0 atom stereocenters. The summed E-state index contributed by atoms with van der Waals surface area (Å²) in [4.78, 5) is 4.21. The number of phenols is 1. The van der Waals surface area contributed by atoms with Gasteiger partial charge < -0.3 is 5.11 Å². The minimum absolute atomic E-state index is 0.163. The van der Waals surface area contributed by atoms with Crippen LogP contribution >= 0.6 is 31.9 Å². The van der Waals surface area contributed by atoms with Gasteiger partial charge >= 0.3 is 0 Å². The van der Waals surface area contributed by atoms with Crippen molar-refractivity contribution in [2.45, 2.75) is 13.8 Å². The monoisotopic (exact) mass is 305 g/mol. The average molecular weight is 307 g/mol. The SMILES string of the molecule is CC(C)=Nc1c(Br)ccc(Br)c1O. The van der Waals surface area contributed by atoms with Crippen molar-refractivity contribution in [3.05, 3.63) is 21.1 Å². The van der Waals surface area contributed by atoms with Gasteiger partial charge in [0.1, 0.15) is 5.69 Å². The average Bonchev–Trinajstić information content (AvgIpc) is 2.05. The highest BCUT2D eigenvalue weighted by atomic mass is 79.9. The van der Waals surface area contributed by atoms with Gasteiger partial charge in [0.15, 0.2) is 5.75 Å². The standard InChI is InChI=1S/C9H9Br2NO/c1-5(2)12-8-6(10)3-4-7(11)9(8)13/h3-4,13H,1-2H3. The molecular weight excluding hydrogens is 298 g/mol. The lowest BCUT2D eigenvalue weighted by molar-refractivity contribution is 0.473. The van der Waals surface area contributed by atoms with Gasteiger partial charge in [-0.3, -0.25) is 4.99 Å². The lowest BCUT2D eigenvalue weighted by atomic mass is 10.3. The third-order valence-electron chi connectivity index (χ3n) is 1.39. The maximum absolute atomic E-state index is 9.64. The molecule has 0 bridgehead atoms. The highest BCUT2D eigenvalue weighted by molar-refractivity contribution is 9.11. The largest absolute Gasteiger partial charge is 0.505 e. The fraction of sp³-hybridized carbons (Fsp3) is 0.222. The molecule has 1 aromatic carbocycles. The van der Waals surface area contributed by atoms with E-state index in [4.69, 9.17) is 0 Å². The lowest BCUT2D eigenvalue weighted by Gasteiger charge is -2.04. The number of benzene rings is 1. The zero-order valence-corrected chi connectivity index (χ0v) is 10.5. The molecule has 1 aromatic rings. The molecule has 0 unspecified atom stereocenters. The summed E-state index contributed by atoms with van der Waals surface area (Å²) in [5, 5.41) is 9.64. The molecule has 0 saturated carbocycles. The van der Waals surface area contributed by atoms with Crippen molar-refractivity contribution in [1.82, 2.24) is 0 Å². The van der Waals surface area contributed by atoms with Gasteiger partial charge in [-0.25, -0.2) is 0 Å².